The molecule has 2 atom stereocenters. The average molecular weight is 342 g/mol. The Hall–Kier alpha value is -0.850. The summed E-state index contributed by atoms with van der Waals surface area (Å²) in [5.74, 6) is 0.907. The lowest BCUT2D eigenvalue weighted by Crippen LogP contribution is -2.45. The molecule has 24 heavy (non-hydrogen) atoms. The van der Waals surface area contributed by atoms with Gasteiger partial charge in [0.25, 0.3) is 0 Å². The van der Waals surface area contributed by atoms with E-state index in [1.165, 1.54) is 13.0 Å². The Labute approximate surface area is 149 Å². The molecule has 1 fully saturated rings. The highest BCUT2D eigenvalue weighted by atomic mass is 16.5. The van der Waals surface area contributed by atoms with Crippen LogP contribution in [0.5, 0.6) is 0 Å². The van der Waals surface area contributed by atoms with Crippen molar-refractivity contribution in [2.24, 2.45) is 4.99 Å². The van der Waals surface area contributed by atoms with Crippen LogP contribution in [-0.4, -0.2) is 87.4 Å². The third kappa shape index (κ3) is 8.85. The van der Waals surface area contributed by atoms with Crippen LogP contribution in [0.15, 0.2) is 4.99 Å². The molecule has 0 radical (unpaired) electrons. The maximum Gasteiger partial charge on any atom is 0.191 e. The predicted molar refractivity (Wildman–Crippen MR) is 103 cm³/mol. The second kappa shape index (κ2) is 12.5. The highest BCUT2D eigenvalue weighted by molar-refractivity contribution is 5.80. The first kappa shape index (κ1) is 21.2. The number of hydrogen-bond acceptors (Lipinski definition) is 4. The van der Waals surface area contributed by atoms with Crippen molar-refractivity contribution < 1.29 is 4.74 Å². The largest absolute Gasteiger partial charge is 0.374 e. The van der Waals surface area contributed by atoms with Gasteiger partial charge < -0.3 is 25.2 Å². The minimum absolute atomic E-state index is 0.206. The zero-order valence-corrected chi connectivity index (χ0v) is 16.5. The van der Waals surface area contributed by atoms with Crippen molar-refractivity contribution in [2.45, 2.75) is 52.7 Å². The fourth-order valence-corrected chi connectivity index (χ4v) is 2.96. The van der Waals surface area contributed by atoms with Gasteiger partial charge in [-0.05, 0) is 53.4 Å². The first-order chi connectivity index (χ1) is 11.6. The summed E-state index contributed by atoms with van der Waals surface area (Å²) < 4.78 is 5.79. The van der Waals surface area contributed by atoms with Gasteiger partial charge in [-0.25, -0.2) is 0 Å². The van der Waals surface area contributed by atoms with Crippen molar-refractivity contribution >= 4 is 5.96 Å². The van der Waals surface area contributed by atoms with Gasteiger partial charge in [-0.15, -0.1) is 0 Å². The first-order valence-electron chi connectivity index (χ1n) is 9.66. The molecule has 0 bridgehead atoms. The summed E-state index contributed by atoms with van der Waals surface area (Å²) in [5, 5.41) is 6.87. The van der Waals surface area contributed by atoms with Crippen LogP contribution in [0.3, 0.4) is 0 Å². The molecule has 0 aromatic carbocycles. The summed E-state index contributed by atoms with van der Waals surface area (Å²) >= 11 is 0. The van der Waals surface area contributed by atoms with E-state index in [0.717, 1.165) is 51.7 Å². The van der Waals surface area contributed by atoms with E-state index in [-0.39, 0.29) is 6.10 Å². The SMILES string of the molecule is CCNC(=NCC1CN(C)CCO1)NC(C)CCCN(CC)CC. The number of nitrogens with one attached hydrogen (secondary N) is 2. The molecule has 6 heteroatoms. The molecule has 1 rings (SSSR count). The van der Waals surface area contributed by atoms with Crippen LogP contribution in [0.25, 0.3) is 0 Å². The Morgan fingerprint density at radius 3 is 2.71 bits per heavy atom. The van der Waals surface area contributed by atoms with E-state index in [0.29, 0.717) is 12.6 Å². The summed E-state index contributed by atoms with van der Waals surface area (Å²) in [6, 6.07) is 0.424. The number of ether oxygens (including phenoxy) is 1. The fourth-order valence-electron chi connectivity index (χ4n) is 2.96. The second-order valence-corrected chi connectivity index (χ2v) is 6.69. The van der Waals surface area contributed by atoms with Crippen molar-refractivity contribution in [2.75, 3.05) is 59.5 Å². The Balaban J connectivity index is 2.36. The van der Waals surface area contributed by atoms with Crippen LogP contribution in [0, 0.1) is 0 Å². The molecular formula is C18H39N5O. The third-order valence-corrected chi connectivity index (χ3v) is 4.53. The van der Waals surface area contributed by atoms with Crippen molar-refractivity contribution in [3.8, 4) is 0 Å². The quantitative estimate of drug-likeness (QED) is 0.464. The highest BCUT2D eigenvalue weighted by Crippen LogP contribution is 2.04. The lowest BCUT2D eigenvalue weighted by molar-refractivity contribution is -0.0136. The van der Waals surface area contributed by atoms with Crippen LogP contribution in [0.1, 0.15) is 40.5 Å². The molecule has 6 nitrogen and oxygen atoms in total. The standard InChI is InChI=1S/C18H39N5O/c1-6-19-18(20-14-17-15-22(5)12-13-24-17)21-16(4)10-9-11-23(7-2)8-3/h16-17H,6-15H2,1-5H3,(H2,19,20,21). The van der Waals surface area contributed by atoms with E-state index < -0.39 is 0 Å². The summed E-state index contributed by atoms with van der Waals surface area (Å²) in [6.45, 7) is 16.6. The molecule has 0 aromatic heterocycles. The number of guanidine groups is 1. The van der Waals surface area contributed by atoms with Crippen LogP contribution >= 0.6 is 0 Å². The Bertz CT molecular complexity index is 346. The molecule has 1 heterocycles. The van der Waals surface area contributed by atoms with Gasteiger partial charge in [0.05, 0.1) is 19.3 Å². The number of morpholine rings is 1. The topological polar surface area (TPSA) is 52.1 Å². The van der Waals surface area contributed by atoms with Crippen molar-refractivity contribution in [1.29, 1.82) is 0 Å². The third-order valence-electron chi connectivity index (χ3n) is 4.53. The van der Waals surface area contributed by atoms with Gasteiger partial charge in [-0.3, -0.25) is 4.99 Å². The predicted octanol–water partition coefficient (Wildman–Crippen LogP) is 1.38. The van der Waals surface area contributed by atoms with E-state index in [1.54, 1.807) is 0 Å². The summed E-state index contributed by atoms with van der Waals surface area (Å²) in [4.78, 5) is 9.50. The zero-order valence-electron chi connectivity index (χ0n) is 16.5. The Morgan fingerprint density at radius 1 is 1.33 bits per heavy atom. The van der Waals surface area contributed by atoms with E-state index in [9.17, 15) is 0 Å². The lowest BCUT2D eigenvalue weighted by atomic mass is 10.2. The molecule has 0 saturated carbocycles. The van der Waals surface area contributed by atoms with E-state index in [4.69, 9.17) is 9.73 Å². The minimum atomic E-state index is 0.206. The number of aliphatic imine (C=N–C) groups is 1. The molecule has 2 unspecified atom stereocenters. The van der Waals surface area contributed by atoms with Gasteiger partial charge in [-0.2, -0.15) is 0 Å². The number of rotatable bonds is 10. The smallest absolute Gasteiger partial charge is 0.191 e. The van der Waals surface area contributed by atoms with Gasteiger partial charge >= 0.3 is 0 Å². The Kier molecular flexibility index (Phi) is 11.0. The minimum Gasteiger partial charge on any atom is -0.374 e. The molecule has 1 saturated heterocycles. The van der Waals surface area contributed by atoms with Gasteiger partial charge in [0.1, 0.15) is 0 Å². The van der Waals surface area contributed by atoms with Gasteiger partial charge in [0, 0.05) is 25.7 Å². The molecule has 1 aliphatic heterocycles. The molecule has 0 spiro atoms. The van der Waals surface area contributed by atoms with Crippen LogP contribution in [0.4, 0.5) is 0 Å². The van der Waals surface area contributed by atoms with E-state index >= 15 is 0 Å². The molecule has 0 amide bonds. The van der Waals surface area contributed by atoms with Gasteiger partial charge in [-0.1, -0.05) is 13.8 Å². The molecular weight excluding hydrogens is 302 g/mol. The van der Waals surface area contributed by atoms with Crippen LogP contribution in [0.2, 0.25) is 0 Å². The first-order valence-corrected chi connectivity index (χ1v) is 9.66. The van der Waals surface area contributed by atoms with Gasteiger partial charge in [0.2, 0.25) is 0 Å². The highest BCUT2D eigenvalue weighted by Gasteiger charge is 2.17. The zero-order chi connectivity index (χ0) is 17.8. The van der Waals surface area contributed by atoms with E-state index in [2.05, 4.69) is 55.2 Å². The van der Waals surface area contributed by atoms with Gasteiger partial charge in [0.15, 0.2) is 5.96 Å². The molecule has 142 valence electrons. The average Bonchev–Trinajstić information content (AvgIpc) is 2.57. The summed E-state index contributed by atoms with van der Waals surface area (Å²) in [5.41, 5.74) is 0. The van der Waals surface area contributed by atoms with Crippen LogP contribution < -0.4 is 10.6 Å². The van der Waals surface area contributed by atoms with Crippen molar-refractivity contribution in [3.05, 3.63) is 0 Å². The number of hydrogen-bond donors (Lipinski definition) is 2. The summed E-state index contributed by atoms with van der Waals surface area (Å²) in [7, 11) is 2.14. The molecule has 1 aliphatic rings. The Morgan fingerprint density at radius 2 is 2.08 bits per heavy atom. The maximum atomic E-state index is 5.79. The monoisotopic (exact) mass is 341 g/mol. The van der Waals surface area contributed by atoms with Crippen molar-refractivity contribution in [3.63, 3.8) is 0 Å². The molecule has 0 aliphatic carbocycles. The normalized spacial score (nSPS) is 21.1. The number of likely N-dealkylation sites (N-methyl/N-ethyl adjacent to an activating group) is 1. The summed E-state index contributed by atoms with van der Waals surface area (Å²) in [6.07, 6.45) is 2.58. The fraction of sp³-hybridized carbons (Fsp3) is 0.944. The maximum absolute atomic E-state index is 5.79. The van der Waals surface area contributed by atoms with Crippen LogP contribution in [-0.2, 0) is 4.74 Å². The second-order valence-electron chi connectivity index (χ2n) is 6.69. The number of nitrogens with zero attached hydrogens (tertiary/aromatic N) is 3. The van der Waals surface area contributed by atoms with E-state index in [1.807, 2.05) is 0 Å². The molecule has 2 N–H and O–H groups in total. The lowest BCUT2D eigenvalue weighted by Gasteiger charge is -2.29. The molecule has 0 aromatic rings. The van der Waals surface area contributed by atoms with Crippen molar-refractivity contribution in [1.82, 2.24) is 20.4 Å².